The maximum atomic E-state index is 12.6. The minimum absolute atomic E-state index is 0.0415. The molecule has 1 aliphatic heterocycles. The van der Waals surface area contributed by atoms with Crippen LogP contribution in [0.3, 0.4) is 0 Å². The first-order chi connectivity index (χ1) is 15.6. The lowest BCUT2D eigenvalue weighted by Gasteiger charge is -2.29. The van der Waals surface area contributed by atoms with Crippen molar-refractivity contribution in [2.45, 2.75) is 37.3 Å². The number of para-hydroxylation sites is 1. The largest absolute Gasteiger partial charge is 0.431 e. The van der Waals surface area contributed by atoms with Crippen molar-refractivity contribution in [1.29, 1.82) is 0 Å². The number of thiazole rings is 1. The number of carbonyl (C=O) groups excluding carboxylic acids is 1. The summed E-state index contributed by atoms with van der Waals surface area (Å²) in [5, 5.41) is 14.4. The van der Waals surface area contributed by atoms with Crippen LogP contribution in [0.2, 0.25) is 0 Å². The maximum absolute atomic E-state index is 12.6. The number of fused-ring (bicyclic) bond motifs is 2. The monoisotopic (exact) mass is 449 g/mol. The molecule has 1 amide bonds. The van der Waals surface area contributed by atoms with Gasteiger partial charge in [-0.1, -0.05) is 35.6 Å². The number of rotatable bonds is 8. The molecule has 6 nitrogen and oxygen atoms in total. The zero-order valence-corrected chi connectivity index (χ0v) is 18.7. The molecule has 1 aromatic heterocycles. The van der Waals surface area contributed by atoms with Gasteiger partial charge in [0, 0.05) is 19.1 Å². The van der Waals surface area contributed by atoms with Crippen molar-refractivity contribution in [2.75, 3.05) is 19.6 Å². The first kappa shape index (κ1) is 20.1. The lowest BCUT2D eigenvalue weighted by molar-refractivity contribution is -0.144. The number of nitrogens with one attached hydrogen (secondary N) is 1. The van der Waals surface area contributed by atoms with E-state index in [9.17, 15) is 9.90 Å². The van der Waals surface area contributed by atoms with Crippen molar-refractivity contribution in [3.63, 3.8) is 0 Å². The van der Waals surface area contributed by atoms with Gasteiger partial charge in [-0.2, -0.15) is 0 Å². The molecule has 3 aromatic rings. The van der Waals surface area contributed by atoms with E-state index < -0.39 is 5.60 Å². The van der Waals surface area contributed by atoms with E-state index in [0.29, 0.717) is 29.9 Å². The maximum Gasteiger partial charge on any atom is 0.279 e. The molecular formula is C25H27N3O3S. The molecule has 0 bridgehead atoms. The van der Waals surface area contributed by atoms with E-state index >= 15 is 0 Å². The highest BCUT2D eigenvalue weighted by Crippen LogP contribution is 2.51. The van der Waals surface area contributed by atoms with Crippen LogP contribution in [-0.2, 0) is 11.2 Å². The molecule has 3 fully saturated rings. The second-order valence-corrected chi connectivity index (χ2v) is 10.4. The number of likely N-dealkylation sites (tertiary alicyclic amines) is 1. The van der Waals surface area contributed by atoms with Gasteiger partial charge < -0.3 is 20.1 Å². The number of amides is 1. The third kappa shape index (κ3) is 3.89. The molecule has 2 heterocycles. The molecule has 0 spiro atoms. The number of piperidine rings is 1. The van der Waals surface area contributed by atoms with Crippen molar-refractivity contribution >= 4 is 27.5 Å². The quantitative estimate of drug-likeness (QED) is 0.514. The van der Waals surface area contributed by atoms with Crippen molar-refractivity contribution in [3.8, 4) is 10.9 Å². The SMILES string of the molecule is O=C(N1CC2CC2C1CNCCc1ccc(Oc2nc3ccccc3s2)cc1)C1(O)CC1. The second kappa shape index (κ2) is 7.83. The second-order valence-electron chi connectivity index (χ2n) is 9.36. The zero-order valence-electron chi connectivity index (χ0n) is 17.9. The first-order valence-corrected chi connectivity index (χ1v) is 12.3. The van der Waals surface area contributed by atoms with Gasteiger partial charge in [0.15, 0.2) is 0 Å². The Kier molecular flexibility index (Phi) is 4.93. The van der Waals surface area contributed by atoms with Gasteiger partial charge in [0.25, 0.3) is 11.1 Å². The average molecular weight is 450 g/mol. The highest BCUT2D eigenvalue weighted by atomic mass is 32.1. The van der Waals surface area contributed by atoms with E-state index in [2.05, 4.69) is 22.4 Å². The van der Waals surface area contributed by atoms with Crippen LogP contribution >= 0.6 is 11.3 Å². The third-order valence-corrected chi connectivity index (χ3v) is 7.95. The lowest BCUT2D eigenvalue weighted by atomic mass is 10.1. The minimum atomic E-state index is -1.05. The Labute approximate surface area is 191 Å². The van der Waals surface area contributed by atoms with E-state index in [1.165, 1.54) is 12.0 Å². The van der Waals surface area contributed by atoms with Gasteiger partial charge in [0.1, 0.15) is 11.4 Å². The first-order valence-electron chi connectivity index (χ1n) is 11.5. The summed E-state index contributed by atoms with van der Waals surface area (Å²) in [6.45, 7) is 2.49. The average Bonchev–Trinajstić information content (AvgIpc) is 3.67. The molecule has 0 radical (unpaired) electrons. The van der Waals surface area contributed by atoms with Crippen LogP contribution in [0.15, 0.2) is 48.5 Å². The molecule has 3 aliphatic rings. The van der Waals surface area contributed by atoms with Crippen molar-refractivity contribution in [1.82, 2.24) is 15.2 Å². The molecule has 2 aromatic carbocycles. The number of nitrogens with zero attached hydrogens (tertiary/aromatic N) is 2. The smallest absolute Gasteiger partial charge is 0.279 e. The highest BCUT2D eigenvalue weighted by molar-refractivity contribution is 7.20. The van der Waals surface area contributed by atoms with Crippen LogP contribution in [-0.4, -0.2) is 52.2 Å². The summed E-state index contributed by atoms with van der Waals surface area (Å²) in [5.74, 6) is 2.02. The van der Waals surface area contributed by atoms with Gasteiger partial charge in [-0.3, -0.25) is 4.79 Å². The Morgan fingerprint density at radius 3 is 2.81 bits per heavy atom. The Balaban J connectivity index is 0.993. The van der Waals surface area contributed by atoms with E-state index in [1.807, 2.05) is 41.3 Å². The van der Waals surface area contributed by atoms with Gasteiger partial charge in [-0.25, -0.2) is 4.98 Å². The number of carbonyl (C=O) groups is 1. The van der Waals surface area contributed by atoms with Gasteiger partial charge in [0.2, 0.25) is 0 Å². The fourth-order valence-electron chi connectivity index (χ4n) is 4.87. The van der Waals surface area contributed by atoms with E-state index in [4.69, 9.17) is 4.74 Å². The summed E-state index contributed by atoms with van der Waals surface area (Å²) >= 11 is 1.55. The summed E-state index contributed by atoms with van der Waals surface area (Å²) < 4.78 is 7.05. The highest BCUT2D eigenvalue weighted by Gasteiger charge is 2.59. The molecule has 7 heteroatoms. The molecule has 3 atom stereocenters. The molecule has 2 saturated carbocycles. The van der Waals surface area contributed by atoms with Gasteiger partial charge in [0.05, 0.1) is 10.2 Å². The van der Waals surface area contributed by atoms with E-state index in [0.717, 1.165) is 42.0 Å². The molecule has 166 valence electrons. The zero-order chi connectivity index (χ0) is 21.7. The minimum Gasteiger partial charge on any atom is -0.431 e. The Morgan fingerprint density at radius 1 is 1.22 bits per heavy atom. The number of aliphatic hydroxyl groups is 1. The predicted molar refractivity (Wildman–Crippen MR) is 124 cm³/mol. The van der Waals surface area contributed by atoms with Gasteiger partial charge >= 0.3 is 0 Å². The van der Waals surface area contributed by atoms with Crippen LogP contribution in [0.5, 0.6) is 10.9 Å². The van der Waals surface area contributed by atoms with Crippen LogP contribution in [0.25, 0.3) is 10.2 Å². The molecular weight excluding hydrogens is 422 g/mol. The summed E-state index contributed by atoms with van der Waals surface area (Å²) in [4.78, 5) is 19.1. The lowest BCUT2D eigenvalue weighted by Crippen LogP contribution is -2.49. The molecule has 32 heavy (non-hydrogen) atoms. The molecule has 6 rings (SSSR count). The van der Waals surface area contributed by atoms with Gasteiger partial charge in [-0.15, -0.1) is 0 Å². The molecule has 2 N–H and O–H groups in total. The van der Waals surface area contributed by atoms with Crippen LogP contribution in [0, 0.1) is 11.8 Å². The van der Waals surface area contributed by atoms with Crippen molar-refractivity contribution in [2.24, 2.45) is 11.8 Å². The predicted octanol–water partition coefficient (Wildman–Crippen LogP) is 3.59. The Hall–Kier alpha value is -2.48. The number of hydrogen-bond acceptors (Lipinski definition) is 6. The van der Waals surface area contributed by atoms with Crippen LogP contribution < -0.4 is 10.1 Å². The topological polar surface area (TPSA) is 74.7 Å². The summed E-state index contributed by atoms with van der Waals surface area (Å²) in [6, 6.07) is 16.4. The summed E-state index contributed by atoms with van der Waals surface area (Å²) in [7, 11) is 0. The number of aromatic nitrogens is 1. The summed E-state index contributed by atoms with van der Waals surface area (Å²) in [6.07, 6.45) is 3.39. The fourth-order valence-corrected chi connectivity index (χ4v) is 5.70. The van der Waals surface area contributed by atoms with Crippen LogP contribution in [0.4, 0.5) is 0 Å². The van der Waals surface area contributed by atoms with Gasteiger partial charge in [-0.05, 0) is 73.9 Å². The summed E-state index contributed by atoms with van der Waals surface area (Å²) in [5.41, 5.74) is 1.15. The Bertz CT molecular complexity index is 1110. The Morgan fingerprint density at radius 2 is 2.03 bits per heavy atom. The molecule has 2 aliphatic carbocycles. The van der Waals surface area contributed by atoms with E-state index in [-0.39, 0.29) is 11.9 Å². The van der Waals surface area contributed by atoms with Crippen molar-refractivity contribution < 1.29 is 14.6 Å². The fraction of sp³-hybridized carbons (Fsp3) is 0.440. The number of ether oxygens (including phenoxy) is 1. The van der Waals surface area contributed by atoms with Crippen molar-refractivity contribution in [3.05, 3.63) is 54.1 Å². The van der Waals surface area contributed by atoms with Crippen LogP contribution in [0.1, 0.15) is 24.8 Å². The molecule has 1 saturated heterocycles. The molecule has 3 unspecified atom stereocenters. The number of hydrogen-bond donors (Lipinski definition) is 2. The van der Waals surface area contributed by atoms with E-state index in [1.54, 1.807) is 11.3 Å². The number of benzene rings is 2. The third-order valence-electron chi connectivity index (χ3n) is 7.03. The standard InChI is InChI=1S/C25H27N3O3S/c29-23(25(30)10-11-25)28-15-17-13-19(17)21(28)14-26-12-9-16-5-7-18(8-6-16)31-24-27-20-3-1-2-4-22(20)32-24/h1-8,17,19,21,26,30H,9-15H2. The normalized spacial score (nSPS) is 25.0.